The lowest BCUT2D eigenvalue weighted by atomic mass is 10.1. The Labute approximate surface area is 139 Å². The Kier molecular flexibility index (Phi) is 3.83. The van der Waals surface area contributed by atoms with Gasteiger partial charge in [0.2, 0.25) is 5.91 Å². The van der Waals surface area contributed by atoms with Crippen LogP contribution in [0.25, 0.3) is 10.9 Å². The van der Waals surface area contributed by atoms with Crippen LogP contribution in [0.15, 0.2) is 54.7 Å². The van der Waals surface area contributed by atoms with E-state index in [2.05, 4.69) is 10.3 Å². The van der Waals surface area contributed by atoms with Gasteiger partial charge in [-0.25, -0.2) is 0 Å². The molecule has 0 saturated carbocycles. The molecular weight excluding hydrogens is 304 g/mol. The SMILES string of the molecule is O=C(Cc1c[nH]c2ccccc12)NC[C@H]1COc2ccccc2O1. The molecule has 0 fully saturated rings. The van der Waals surface area contributed by atoms with Crippen molar-refractivity contribution in [2.75, 3.05) is 13.2 Å². The molecule has 0 radical (unpaired) electrons. The van der Waals surface area contributed by atoms with Crippen molar-refractivity contribution in [1.82, 2.24) is 10.3 Å². The van der Waals surface area contributed by atoms with Gasteiger partial charge < -0.3 is 19.8 Å². The Morgan fingerprint density at radius 1 is 1.12 bits per heavy atom. The monoisotopic (exact) mass is 322 g/mol. The number of carbonyl (C=O) groups is 1. The van der Waals surface area contributed by atoms with Gasteiger partial charge in [-0.3, -0.25) is 4.79 Å². The highest BCUT2D eigenvalue weighted by Gasteiger charge is 2.21. The van der Waals surface area contributed by atoms with Crippen molar-refractivity contribution >= 4 is 16.8 Å². The largest absolute Gasteiger partial charge is 0.486 e. The van der Waals surface area contributed by atoms with Crippen molar-refractivity contribution < 1.29 is 14.3 Å². The Bertz CT molecular complexity index is 872. The number of ether oxygens (including phenoxy) is 2. The first kappa shape index (κ1) is 14.6. The molecule has 3 aromatic rings. The number of fused-ring (bicyclic) bond motifs is 2. The van der Waals surface area contributed by atoms with Gasteiger partial charge in [0.15, 0.2) is 11.5 Å². The van der Waals surface area contributed by atoms with E-state index in [1.165, 1.54) is 0 Å². The number of H-pyrrole nitrogens is 1. The van der Waals surface area contributed by atoms with E-state index in [0.717, 1.165) is 28.0 Å². The fourth-order valence-corrected chi connectivity index (χ4v) is 2.90. The Morgan fingerprint density at radius 3 is 2.83 bits per heavy atom. The molecule has 0 spiro atoms. The third-order valence-corrected chi connectivity index (χ3v) is 4.12. The van der Waals surface area contributed by atoms with Crippen LogP contribution in [0.2, 0.25) is 0 Å². The predicted octanol–water partition coefficient (Wildman–Crippen LogP) is 2.67. The maximum atomic E-state index is 12.2. The summed E-state index contributed by atoms with van der Waals surface area (Å²) in [4.78, 5) is 15.4. The van der Waals surface area contributed by atoms with Gasteiger partial charge >= 0.3 is 0 Å². The van der Waals surface area contributed by atoms with Crippen molar-refractivity contribution in [2.45, 2.75) is 12.5 Å². The average molecular weight is 322 g/mol. The second-order valence-electron chi connectivity index (χ2n) is 5.84. The Morgan fingerprint density at radius 2 is 1.92 bits per heavy atom. The molecule has 0 aliphatic carbocycles. The third kappa shape index (κ3) is 2.93. The number of para-hydroxylation sites is 3. The van der Waals surface area contributed by atoms with E-state index in [1.54, 1.807) is 0 Å². The molecular formula is C19H18N2O3. The van der Waals surface area contributed by atoms with Gasteiger partial charge in [0.1, 0.15) is 12.7 Å². The molecule has 24 heavy (non-hydrogen) atoms. The Hall–Kier alpha value is -2.95. The molecule has 1 aliphatic heterocycles. The summed E-state index contributed by atoms with van der Waals surface area (Å²) in [6, 6.07) is 15.5. The van der Waals surface area contributed by atoms with E-state index in [-0.39, 0.29) is 12.0 Å². The van der Waals surface area contributed by atoms with Crippen molar-refractivity contribution in [3.63, 3.8) is 0 Å². The molecule has 122 valence electrons. The zero-order valence-corrected chi connectivity index (χ0v) is 13.1. The van der Waals surface area contributed by atoms with Crippen LogP contribution in [-0.4, -0.2) is 30.1 Å². The molecule has 4 rings (SSSR count). The maximum Gasteiger partial charge on any atom is 0.224 e. The van der Waals surface area contributed by atoms with Crippen LogP contribution >= 0.6 is 0 Å². The van der Waals surface area contributed by atoms with E-state index >= 15 is 0 Å². The molecule has 5 heteroatoms. The summed E-state index contributed by atoms with van der Waals surface area (Å²) >= 11 is 0. The number of hydrogen-bond acceptors (Lipinski definition) is 3. The molecule has 2 aromatic carbocycles. The fourth-order valence-electron chi connectivity index (χ4n) is 2.90. The van der Waals surface area contributed by atoms with E-state index in [0.29, 0.717) is 19.6 Å². The van der Waals surface area contributed by atoms with E-state index in [4.69, 9.17) is 9.47 Å². The number of aromatic nitrogens is 1. The van der Waals surface area contributed by atoms with Crippen LogP contribution < -0.4 is 14.8 Å². The molecule has 1 aromatic heterocycles. The predicted molar refractivity (Wildman–Crippen MR) is 91.4 cm³/mol. The molecule has 1 amide bonds. The van der Waals surface area contributed by atoms with Crippen molar-refractivity contribution in [1.29, 1.82) is 0 Å². The van der Waals surface area contributed by atoms with Crippen LogP contribution in [0, 0.1) is 0 Å². The topological polar surface area (TPSA) is 63.4 Å². The lowest BCUT2D eigenvalue weighted by Crippen LogP contribution is -2.41. The lowest BCUT2D eigenvalue weighted by Gasteiger charge is -2.26. The summed E-state index contributed by atoms with van der Waals surface area (Å²) < 4.78 is 11.5. The number of carbonyl (C=O) groups excluding carboxylic acids is 1. The summed E-state index contributed by atoms with van der Waals surface area (Å²) in [5.41, 5.74) is 2.04. The van der Waals surface area contributed by atoms with Gasteiger partial charge in [-0.05, 0) is 23.8 Å². The standard InChI is InChI=1S/C19H18N2O3/c22-19(9-13-10-20-16-6-2-1-5-15(13)16)21-11-14-12-23-17-7-3-4-8-18(17)24-14/h1-8,10,14,20H,9,11-12H2,(H,21,22)/t14-/m0/s1. The second-order valence-corrected chi connectivity index (χ2v) is 5.84. The highest BCUT2D eigenvalue weighted by atomic mass is 16.6. The summed E-state index contributed by atoms with van der Waals surface area (Å²) in [6.45, 7) is 0.861. The number of rotatable bonds is 4. The summed E-state index contributed by atoms with van der Waals surface area (Å²) in [5, 5.41) is 4.01. The summed E-state index contributed by atoms with van der Waals surface area (Å²) in [7, 11) is 0. The number of hydrogen-bond donors (Lipinski definition) is 2. The summed E-state index contributed by atoms with van der Waals surface area (Å²) in [5.74, 6) is 1.45. The number of amides is 1. The first-order chi connectivity index (χ1) is 11.8. The number of nitrogens with one attached hydrogen (secondary N) is 2. The molecule has 1 aliphatic rings. The second kappa shape index (κ2) is 6.28. The minimum absolute atomic E-state index is 0.0257. The Balaban J connectivity index is 1.34. The number of benzene rings is 2. The average Bonchev–Trinajstić information content (AvgIpc) is 3.03. The maximum absolute atomic E-state index is 12.2. The van der Waals surface area contributed by atoms with Gasteiger partial charge in [-0.15, -0.1) is 0 Å². The van der Waals surface area contributed by atoms with E-state index in [9.17, 15) is 4.79 Å². The normalized spacial score (nSPS) is 16.1. The summed E-state index contributed by atoms with van der Waals surface area (Å²) in [6.07, 6.45) is 2.06. The van der Waals surface area contributed by atoms with Gasteiger partial charge in [-0.2, -0.15) is 0 Å². The molecule has 2 N–H and O–H groups in total. The minimum atomic E-state index is -0.174. The molecule has 1 atom stereocenters. The van der Waals surface area contributed by atoms with Gasteiger partial charge in [0.25, 0.3) is 0 Å². The van der Waals surface area contributed by atoms with Crippen molar-refractivity contribution in [3.8, 4) is 11.5 Å². The van der Waals surface area contributed by atoms with Crippen molar-refractivity contribution in [2.24, 2.45) is 0 Å². The van der Waals surface area contributed by atoms with Gasteiger partial charge in [0, 0.05) is 17.1 Å². The number of aromatic amines is 1. The molecule has 2 heterocycles. The molecule has 0 bridgehead atoms. The van der Waals surface area contributed by atoms with Crippen LogP contribution in [0.3, 0.4) is 0 Å². The van der Waals surface area contributed by atoms with Crippen LogP contribution in [0.5, 0.6) is 11.5 Å². The third-order valence-electron chi connectivity index (χ3n) is 4.12. The van der Waals surface area contributed by atoms with E-state index < -0.39 is 0 Å². The van der Waals surface area contributed by atoms with Crippen LogP contribution in [0.1, 0.15) is 5.56 Å². The van der Waals surface area contributed by atoms with Crippen LogP contribution in [0.4, 0.5) is 0 Å². The highest BCUT2D eigenvalue weighted by molar-refractivity contribution is 5.88. The minimum Gasteiger partial charge on any atom is -0.486 e. The van der Waals surface area contributed by atoms with Gasteiger partial charge in [0.05, 0.1) is 13.0 Å². The molecule has 0 saturated heterocycles. The quantitative estimate of drug-likeness (QED) is 0.776. The zero-order chi connectivity index (χ0) is 16.4. The molecule has 5 nitrogen and oxygen atoms in total. The molecule has 0 unspecified atom stereocenters. The first-order valence-electron chi connectivity index (χ1n) is 8.00. The van der Waals surface area contributed by atoms with Gasteiger partial charge in [-0.1, -0.05) is 30.3 Å². The first-order valence-corrected chi connectivity index (χ1v) is 8.00. The lowest BCUT2D eigenvalue weighted by molar-refractivity contribution is -0.120. The smallest absolute Gasteiger partial charge is 0.224 e. The fraction of sp³-hybridized carbons (Fsp3) is 0.211. The van der Waals surface area contributed by atoms with Crippen LogP contribution in [-0.2, 0) is 11.2 Å². The van der Waals surface area contributed by atoms with E-state index in [1.807, 2.05) is 54.7 Å². The highest BCUT2D eigenvalue weighted by Crippen LogP contribution is 2.30. The van der Waals surface area contributed by atoms with Crippen molar-refractivity contribution in [3.05, 3.63) is 60.3 Å². The zero-order valence-electron chi connectivity index (χ0n) is 13.1.